The quantitative estimate of drug-likeness (QED) is 0.711. The van der Waals surface area contributed by atoms with Crippen molar-refractivity contribution in [2.24, 2.45) is 0 Å². The van der Waals surface area contributed by atoms with Crippen LogP contribution in [-0.4, -0.2) is 6.04 Å². The average Bonchev–Trinajstić information content (AvgIpc) is 2.24. The van der Waals surface area contributed by atoms with Gasteiger partial charge in [-0.15, -0.1) is 0 Å². The number of anilines is 1. The molecule has 0 aliphatic carbocycles. The zero-order valence-corrected chi connectivity index (χ0v) is 11.0. The molecule has 0 radical (unpaired) electrons. The summed E-state index contributed by atoms with van der Waals surface area (Å²) in [5.41, 5.74) is 0.192. The van der Waals surface area contributed by atoms with E-state index >= 15 is 0 Å². The first-order valence-corrected chi connectivity index (χ1v) is 6.33. The molecule has 17 heavy (non-hydrogen) atoms. The van der Waals surface area contributed by atoms with Crippen molar-refractivity contribution in [3.8, 4) is 0 Å². The normalized spacial score (nSPS) is 12.5. The molecule has 1 atom stereocenters. The molecule has 1 aromatic rings. The van der Waals surface area contributed by atoms with Crippen LogP contribution in [0.15, 0.2) is 12.1 Å². The van der Waals surface area contributed by atoms with E-state index in [0.717, 1.165) is 37.8 Å². The maximum atomic E-state index is 13.5. The average molecular weight is 262 g/mol. The number of rotatable bonds is 6. The molecule has 0 fully saturated rings. The molecule has 1 N–H and O–H groups in total. The van der Waals surface area contributed by atoms with E-state index in [0.29, 0.717) is 0 Å². The maximum absolute atomic E-state index is 13.5. The van der Waals surface area contributed by atoms with Gasteiger partial charge in [-0.2, -0.15) is 0 Å². The number of nitrogens with one attached hydrogen (secondary N) is 1. The summed E-state index contributed by atoms with van der Waals surface area (Å²) >= 11 is 5.80. The van der Waals surface area contributed by atoms with Crippen molar-refractivity contribution in [1.82, 2.24) is 0 Å². The van der Waals surface area contributed by atoms with Crippen LogP contribution in [0.1, 0.15) is 39.5 Å². The third-order valence-corrected chi connectivity index (χ3v) is 2.94. The van der Waals surface area contributed by atoms with Gasteiger partial charge in [0.1, 0.15) is 5.82 Å². The summed E-state index contributed by atoms with van der Waals surface area (Å²) in [5, 5.41) is 3.08. The number of hydrogen-bond acceptors (Lipinski definition) is 1. The third kappa shape index (κ3) is 4.50. The minimum absolute atomic E-state index is 0.0878. The molecule has 0 aliphatic rings. The van der Waals surface area contributed by atoms with Crippen LogP contribution in [0, 0.1) is 11.6 Å². The number of benzene rings is 1. The van der Waals surface area contributed by atoms with E-state index in [2.05, 4.69) is 12.2 Å². The summed E-state index contributed by atoms with van der Waals surface area (Å²) < 4.78 is 26.3. The van der Waals surface area contributed by atoms with Crippen LogP contribution in [0.25, 0.3) is 0 Å². The monoisotopic (exact) mass is 261 g/mol. The van der Waals surface area contributed by atoms with Crippen molar-refractivity contribution in [2.45, 2.75) is 45.6 Å². The molecule has 1 nitrogen and oxygen atoms in total. The van der Waals surface area contributed by atoms with Gasteiger partial charge >= 0.3 is 0 Å². The van der Waals surface area contributed by atoms with Crippen LogP contribution in [0.4, 0.5) is 14.5 Å². The third-order valence-electron chi connectivity index (χ3n) is 2.64. The minimum atomic E-state index is -0.656. The highest BCUT2D eigenvalue weighted by Gasteiger charge is 2.12. The van der Waals surface area contributed by atoms with E-state index in [1.54, 1.807) is 0 Å². The maximum Gasteiger partial charge on any atom is 0.150 e. The minimum Gasteiger partial charge on any atom is -0.379 e. The fourth-order valence-electron chi connectivity index (χ4n) is 1.70. The van der Waals surface area contributed by atoms with Gasteiger partial charge in [0.05, 0.1) is 10.7 Å². The Balaban J connectivity index is 2.61. The predicted molar refractivity (Wildman–Crippen MR) is 68.6 cm³/mol. The smallest absolute Gasteiger partial charge is 0.150 e. The second kappa shape index (κ2) is 6.80. The summed E-state index contributed by atoms with van der Waals surface area (Å²) in [4.78, 5) is 0. The van der Waals surface area contributed by atoms with E-state index in [1.165, 1.54) is 0 Å². The molecule has 0 aromatic heterocycles. The molecule has 0 saturated heterocycles. The molecule has 1 aromatic carbocycles. The van der Waals surface area contributed by atoms with Crippen molar-refractivity contribution < 1.29 is 8.78 Å². The van der Waals surface area contributed by atoms with Gasteiger partial charge in [0.25, 0.3) is 0 Å². The Kier molecular flexibility index (Phi) is 5.69. The van der Waals surface area contributed by atoms with Crippen LogP contribution in [0.5, 0.6) is 0 Å². The number of hydrogen-bond donors (Lipinski definition) is 1. The molecule has 0 spiro atoms. The molecule has 1 rings (SSSR count). The highest BCUT2D eigenvalue weighted by molar-refractivity contribution is 6.33. The Morgan fingerprint density at radius 1 is 1.29 bits per heavy atom. The lowest BCUT2D eigenvalue weighted by atomic mass is 10.1. The molecule has 0 heterocycles. The first-order chi connectivity index (χ1) is 8.04. The fourth-order valence-corrected chi connectivity index (χ4v) is 1.95. The first-order valence-electron chi connectivity index (χ1n) is 5.95. The van der Waals surface area contributed by atoms with Gasteiger partial charge in [0, 0.05) is 12.1 Å². The lowest BCUT2D eigenvalue weighted by molar-refractivity contribution is 0.577. The van der Waals surface area contributed by atoms with Gasteiger partial charge in [0.15, 0.2) is 5.82 Å². The molecule has 0 bridgehead atoms. The van der Waals surface area contributed by atoms with E-state index in [4.69, 9.17) is 11.6 Å². The van der Waals surface area contributed by atoms with E-state index in [9.17, 15) is 8.78 Å². The highest BCUT2D eigenvalue weighted by atomic mass is 35.5. The van der Waals surface area contributed by atoms with Crippen molar-refractivity contribution in [2.75, 3.05) is 5.32 Å². The van der Waals surface area contributed by atoms with Gasteiger partial charge in [-0.3, -0.25) is 0 Å². The van der Waals surface area contributed by atoms with E-state index < -0.39 is 11.6 Å². The lowest BCUT2D eigenvalue weighted by Crippen LogP contribution is -2.16. The Labute approximate surface area is 106 Å². The van der Waals surface area contributed by atoms with Crippen molar-refractivity contribution in [3.05, 3.63) is 28.8 Å². The van der Waals surface area contributed by atoms with Crippen LogP contribution in [-0.2, 0) is 0 Å². The SMILES string of the molecule is CCCCCC(C)Nc1c(F)cc(F)cc1Cl. The van der Waals surface area contributed by atoms with Crippen LogP contribution < -0.4 is 5.32 Å². The summed E-state index contributed by atoms with van der Waals surface area (Å²) in [6, 6.07) is 2.08. The molecule has 0 amide bonds. The Morgan fingerprint density at radius 2 is 2.00 bits per heavy atom. The standard InChI is InChI=1S/C13H18ClF2N/c1-3-4-5-6-9(2)17-13-11(14)7-10(15)8-12(13)16/h7-9,17H,3-6H2,1-2H3. The van der Waals surface area contributed by atoms with Gasteiger partial charge in [-0.25, -0.2) is 8.78 Å². The molecule has 0 aliphatic heterocycles. The van der Waals surface area contributed by atoms with Gasteiger partial charge in [-0.05, 0) is 19.4 Å². The second-order valence-electron chi connectivity index (χ2n) is 4.29. The van der Waals surface area contributed by atoms with Crippen molar-refractivity contribution >= 4 is 17.3 Å². The van der Waals surface area contributed by atoms with Crippen molar-refractivity contribution in [1.29, 1.82) is 0 Å². The molecule has 0 saturated carbocycles. The zero-order chi connectivity index (χ0) is 12.8. The van der Waals surface area contributed by atoms with Gasteiger partial charge in [0.2, 0.25) is 0 Å². The molecular weight excluding hydrogens is 244 g/mol. The fraction of sp³-hybridized carbons (Fsp3) is 0.538. The topological polar surface area (TPSA) is 12.0 Å². The number of halogens is 3. The Morgan fingerprint density at radius 3 is 2.59 bits per heavy atom. The van der Waals surface area contributed by atoms with Crippen LogP contribution >= 0.6 is 11.6 Å². The summed E-state index contributed by atoms with van der Waals surface area (Å²) in [7, 11) is 0. The summed E-state index contributed by atoms with van der Waals surface area (Å²) in [6.45, 7) is 4.10. The van der Waals surface area contributed by atoms with Gasteiger partial charge < -0.3 is 5.32 Å². The van der Waals surface area contributed by atoms with Crippen LogP contribution in [0.3, 0.4) is 0 Å². The van der Waals surface area contributed by atoms with E-state index in [1.807, 2.05) is 6.92 Å². The summed E-state index contributed by atoms with van der Waals surface area (Å²) in [5.74, 6) is -1.30. The lowest BCUT2D eigenvalue weighted by Gasteiger charge is -2.16. The molecule has 1 unspecified atom stereocenters. The van der Waals surface area contributed by atoms with E-state index in [-0.39, 0.29) is 16.8 Å². The summed E-state index contributed by atoms with van der Waals surface area (Å²) in [6.07, 6.45) is 4.34. The highest BCUT2D eigenvalue weighted by Crippen LogP contribution is 2.27. The largest absolute Gasteiger partial charge is 0.379 e. The Bertz CT molecular complexity index is 345. The van der Waals surface area contributed by atoms with Gasteiger partial charge in [-0.1, -0.05) is 37.8 Å². The second-order valence-corrected chi connectivity index (χ2v) is 4.69. The Hall–Kier alpha value is -0.830. The van der Waals surface area contributed by atoms with Crippen LogP contribution in [0.2, 0.25) is 5.02 Å². The zero-order valence-electron chi connectivity index (χ0n) is 10.2. The molecule has 4 heteroatoms. The number of unbranched alkanes of at least 4 members (excludes halogenated alkanes) is 2. The first kappa shape index (κ1) is 14.2. The predicted octanol–water partition coefficient (Wildman–Crippen LogP) is 5.00. The molecular formula is C13H18ClF2N. The van der Waals surface area contributed by atoms with Crippen molar-refractivity contribution in [3.63, 3.8) is 0 Å². The molecule has 96 valence electrons.